The summed E-state index contributed by atoms with van der Waals surface area (Å²) in [5.74, 6) is 6.66. The van der Waals surface area contributed by atoms with E-state index in [1.165, 1.54) is 0 Å². The lowest BCUT2D eigenvalue weighted by atomic mass is 10.1. The standard InChI is InChI=1S/C15H15N5/c1-2-11-9-13(20-16)19-15(18-11)14-12-6-4-3-5-10(12)7-8-17-14/h3-9H,2,16H2,1H3,(H,18,19,20). The van der Waals surface area contributed by atoms with Gasteiger partial charge in [-0.15, -0.1) is 0 Å². The minimum absolute atomic E-state index is 0.592. The average molecular weight is 265 g/mol. The first-order chi connectivity index (χ1) is 9.81. The third-order valence-corrected chi connectivity index (χ3v) is 3.17. The minimum Gasteiger partial charge on any atom is -0.308 e. The normalized spacial score (nSPS) is 10.7. The number of hydrazine groups is 1. The summed E-state index contributed by atoms with van der Waals surface area (Å²) in [6.07, 6.45) is 2.59. The molecule has 2 heterocycles. The van der Waals surface area contributed by atoms with Crippen molar-refractivity contribution in [3.05, 3.63) is 48.3 Å². The number of nitrogens with two attached hydrogens (primary N) is 1. The number of pyridine rings is 1. The molecular weight excluding hydrogens is 250 g/mol. The number of aromatic nitrogens is 3. The zero-order valence-electron chi connectivity index (χ0n) is 11.2. The Bertz CT molecular complexity index is 727. The van der Waals surface area contributed by atoms with Gasteiger partial charge in [0, 0.05) is 23.3 Å². The molecular formula is C15H15N5. The number of nitrogens with zero attached hydrogens (tertiary/aromatic N) is 3. The number of rotatable bonds is 3. The molecule has 100 valence electrons. The summed E-state index contributed by atoms with van der Waals surface area (Å²) in [4.78, 5) is 13.4. The highest BCUT2D eigenvalue weighted by Gasteiger charge is 2.10. The number of fused-ring (bicyclic) bond motifs is 1. The second kappa shape index (κ2) is 5.22. The van der Waals surface area contributed by atoms with Gasteiger partial charge in [-0.25, -0.2) is 15.8 Å². The molecule has 5 nitrogen and oxygen atoms in total. The fourth-order valence-electron chi connectivity index (χ4n) is 2.16. The molecule has 0 saturated heterocycles. The van der Waals surface area contributed by atoms with Crippen LogP contribution in [0.2, 0.25) is 0 Å². The molecule has 3 rings (SSSR count). The number of hydrogen-bond donors (Lipinski definition) is 2. The summed E-state index contributed by atoms with van der Waals surface area (Å²) in [5.41, 5.74) is 4.28. The Morgan fingerprint density at radius 3 is 2.80 bits per heavy atom. The zero-order chi connectivity index (χ0) is 13.9. The van der Waals surface area contributed by atoms with Crippen LogP contribution < -0.4 is 11.3 Å². The minimum atomic E-state index is 0.592. The van der Waals surface area contributed by atoms with Crippen LogP contribution in [-0.4, -0.2) is 15.0 Å². The number of anilines is 1. The Kier molecular flexibility index (Phi) is 3.26. The first-order valence-electron chi connectivity index (χ1n) is 6.50. The van der Waals surface area contributed by atoms with E-state index < -0.39 is 0 Å². The molecule has 5 heteroatoms. The van der Waals surface area contributed by atoms with Gasteiger partial charge in [-0.1, -0.05) is 31.2 Å². The number of nitrogen functional groups attached to an aromatic ring is 1. The van der Waals surface area contributed by atoms with Gasteiger partial charge < -0.3 is 5.43 Å². The Hall–Kier alpha value is -2.53. The quantitative estimate of drug-likeness (QED) is 0.562. The fourth-order valence-corrected chi connectivity index (χ4v) is 2.16. The molecule has 0 aliphatic heterocycles. The predicted molar refractivity (Wildman–Crippen MR) is 80.0 cm³/mol. The fraction of sp³-hybridized carbons (Fsp3) is 0.133. The van der Waals surface area contributed by atoms with Crippen molar-refractivity contribution >= 4 is 16.6 Å². The lowest BCUT2D eigenvalue weighted by Crippen LogP contribution is -2.10. The Morgan fingerprint density at radius 2 is 2.00 bits per heavy atom. The molecule has 0 unspecified atom stereocenters. The van der Waals surface area contributed by atoms with E-state index in [0.717, 1.165) is 28.6 Å². The molecule has 2 aromatic heterocycles. The number of aryl methyl sites for hydroxylation is 1. The average Bonchev–Trinajstić information content (AvgIpc) is 2.53. The van der Waals surface area contributed by atoms with E-state index in [-0.39, 0.29) is 0 Å². The van der Waals surface area contributed by atoms with Gasteiger partial charge in [0.25, 0.3) is 0 Å². The lowest BCUT2D eigenvalue weighted by Gasteiger charge is -2.08. The van der Waals surface area contributed by atoms with Crippen molar-refractivity contribution in [2.75, 3.05) is 5.43 Å². The van der Waals surface area contributed by atoms with Crippen LogP contribution in [0, 0.1) is 0 Å². The van der Waals surface area contributed by atoms with Gasteiger partial charge in [0.1, 0.15) is 11.5 Å². The largest absolute Gasteiger partial charge is 0.308 e. The highest BCUT2D eigenvalue weighted by molar-refractivity contribution is 5.92. The number of hydrogen-bond acceptors (Lipinski definition) is 5. The van der Waals surface area contributed by atoms with Crippen LogP contribution in [0.5, 0.6) is 0 Å². The summed E-state index contributed by atoms with van der Waals surface area (Å²) in [6.45, 7) is 2.04. The van der Waals surface area contributed by atoms with Crippen molar-refractivity contribution in [1.29, 1.82) is 0 Å². The maximum Gasteiger partial charge on any atom is 0.181 e. The lowest BCUT2D eigenvalue weighted by molar-refractivity contribution is 0.996. The van der Waals surface area contributed by atoms with E-state index >= 15 is 0 Å². The topological polar surface area (TPSA) is 76.7 Å². The van der Waals surface area contributed by atoms with Gasteiger partial charge in [-0.2, -0.15) is 0 Å². The van der Waals surface area contributed by atoms with Crippen LogP contribution in [0.25, 0.3) is 22.3 Å². The van der Waals surface area contributed by atoms with Gasteiger partial charge in [-0.05, 0) is 17.9 Å². The first kappa shape index (κ1) is 12.5. The Balaban J connectivity index is 2.25. The van der Waals surface area contributed by atoms with Crippen LogP contribution in [0.1, 0.15) is 12.6 Å². The number of nitrogens with one attached hydrogen (secondary N) is 1. The molecule has 20 heavy (non-hydrogen) atoms. The van der Waals surface area contributed by atoms with Gasteiger partial charge in [0.15, 0.2) is 5.82 Å². The summed E-state index contributed by atoms with van der Waals surface area (Å²) in [5, 5.41) is 2.15. The van der Waals surface area contributed by atoms with Crippen LogP contribution in [-0.2, 0) is 6.42 Å². The predicted octanol–water partition coefficient (Wildman–Crippen LogP) is 2.54. The highest BCUT2D eigenvalue weighted by atomic mass is 15.3. The van der Waals surface area contributed by atoms with E-state index in [1.54, 1.807) is 6.20 Å². The molecule has 0 amide bonds. The van der Waals surface area contributed by atoms with E-state index in [0.29, 0.717) is 11.6 Å². The molecule has 0 radical (unpaired) electrons. The van der Waals surface area contributed by atoms with E-state index in [9.17, 15) is 0 Å². The molecule has 1 aromatic carbocycles. The van der Waals surface area contributed by atoms with Gasteiger partial charge >= 0.3 is 0 Å². The molecule has 0 aliphatic rings. The first-order valence-corrected chi connectivity index (χ1v) is 6.50. The third-order valence-electron chi connectivity index (χ3n) is 3.17. The van der Waals surface area contributed by atoms with Crippen molar-refractivity contribution in [2.24, 2.45) is 5.84 Å². The molecule has 0 spiro atoms. The molecule has 0 atom stereocenters. The van der Waals surface area contributed by atoms with Crippen molar-refractivity contribution in [3.63, 3.8) is 0 Å². The van der Waals surface area contributed by atoms with Crippen molar-refractivity contribution in [1.82, 2.24) is 15.0 Å². The SMILES string of the molecule is CCc1cc(NN)nc(-c2nccc3ccccc23)n1. The van der Waals surface area contributed by atoms with Gasteiger partial charge in [-0.3, -0.25) is 4.98 Å². The monoisotopic (exact) mass is 265 g/mol. The van der Waals surface area contributed by atoms with E-state index in [1.807, 2.05) is 43.3 Å². The molecule has 0 bridgehead atoms. The zero-order valence-corrected chi connectivity index (χ0v) is 11.2. The highest BCUT2D eigenvalue weighted by Crippen LogP contribution is 2.24. The molecule has 3 N–H and O–H groups in total. The van der Waals surface area contributed by atoms with Crippen LogP contribution >= 0.6 is 0 Å². The Morgan fingerprint density at radius 1 is 1.15 bits per heavy atom. The van der Waals surface area contributed by atoms with Crippen LogP contribution in [0.3, 0.4) is 0 Å². The molecule has 0 aliphatic carbocycles. The van der Waals surface area contributed by atoms with Crippen LogP contribution in [0.4, 0.5) is 5.82 Å². The molecule has 0 fully saturated rings. The summed E-state index contributed by atoms with van der Waals surface area (Å²) >= 11 is 0. The molecule has 0 saturated carbocycles. The number of benzene rings is 1. The van der Waals surface area contributed by atoms with E-state index in [4.69, 9.17) is 5.84 Å². The van der Waals surface area contributed by atoms with Crippen molar-refractivity contribution < 1.29 is 0 Å². The maximum atomic E-state index is 5.47. The maximum absolute atomic E-state index is 5.47. The van der Waals surface area contributed by atoms with Crippen molar-refractivity contribution in [3.8, 4) is 11.5 Å². The van der Waals surface area contributed by atoms with Gasteiger partial charge in [0.2, 0.25) is 0 Å². The van der Waals surface area contributed by atoms with E-state index in [2.05, 4.69) is 20.4 Å². The smallest absolute Gasteiger partial charge is 0.181 e. The second-order valence-electron chi connectivity index (χ2n) is 4.45. The van der Waals surface area contributed by atoms with Gasteiger partial charge in [0.05, 0.1) is 0 Å². The molecule has 3 aromatic rings. The summed E-state index contributed by atoms with van der Waals surface area (Å²) in [7, 11) is 0. The second-order valence-corrected chi connectivity index (χ2v) is 4.45. The summed E-state index contributed by atoms with van der Waals surface area (Å²) in [6, 6.07) is 11.9. The van der Waals surface area contributed by atoms with Crippen molar-refractivity contribution in [2.45, 2.75) is 13.3 Å². The van der Waals surface area contributed by atoms with Crippen LogP contribution in [0.15, 0.2) is 42.6 Å². The Labute approximate surface area is 116 Å². The summed E-state index contributed by atoms with van der Waals surface area (Å²) < 4.78 is 0. The third kappa shape index (κ3) is 2.19.